The van der Waals surface area contributed by atoms with Gasteiger partial charge in [-0.15, -0.1) is 0 Å². The van der Waals surface area contributed by atoms with Crippen molar-refractivity contribution < 1.29 is 4.74 Å². The second kappa shape index (κ2) is 7.77. The molecule has 0 unspecified atom stereocenters. The molecule has 2 rings (SSSR count). The zero-order chi connectivity index (χ0) is 14.4. The predicted octanol–water partition coefficient (Wildman–Crippen LogP) is 2.80. The largest absolute Gasteiger partial charge is 0.377 e. The molecular weight excluding hydrogens is 248 g/mol. The summed E-state index contributed by atoms with van der Waals surface area (Å²) >= 11 is 0. The van der Waals surface area contributed by atoms with Crippen LogP contribution in [0.25, 0.3) is 0 Å². The van der Waals surface area contributed by atoms with Gasteiger partial charge < -0.3 is 10.1 Å². The second-order valence-corrected chi connectivity index (χ2v) is 6.13. The molecule has 0 aromatic heterocycles. The molecule has 0 spiro atoms. The Morgan fingerprint density at radius 2 is 2.05 bits per heavy atom. The SMILES string of the molecule is CC(C)OCCN(C)Cc1cccc(CNC2CC2)c1. The quantitative estimate of drug-likeness (QED) is 0.750. The molecule has 1 saturated carbocycles. The number of hydrogen-bond acceptors (Lipinski definition) is 3. The lowest BCUT2D eigenvalue weighted by Crippen LogP contribution is -2.24. The minimum atomic E-state index is 0.320. The van der Waals surface area contributed by atoms with E-state index < -0.39 is 0 Å². The van der Waals surface area contributed by atoms with Crippen molar-refractivity contribution in [2.45, 2.75) is 51.9 Å². The molecule has 0 amide bonds. The van der Waals surface area contributed by atoms with Crippen molar-refractivity contribution in [3.8, 4) is 0 Å². The van der Waals surface area contributed by atoms with Crippen molar-refractivity contribution in [1.29, 1.82) is 0 Å². The van der Waals surface area contributed by atoms with Crippen LogP contribution in [-0.4, -0.2) is 37.2 Å². The van der Waals surface area contributed by atoms with E-state index in [9.17, 15) is 0 Å². The third-order valence-electron chi connectivity index (χ3n) is 3.54. The van der Waals surface area contributed by atoms with Crippen molar-refractivity contribution >= 4 is 0 Å². The topological polar surface area (TPSA) is 24.5 Å². The van der Waals surface area contributed by atoms with Crippen LogP contribution in [0.5, 0.6) is 0 Å². The molecule has 3 nitrogen and oxygen atoms in total. The van der Waals surface area contributed by atoms with Gasteiger partial charge in [0.25, 0.3) is 0 Å². The summed E-state index contributed by atoms with van der Waals surface area (Å²) in [6.07, 6.45) is 3.01. The van der Waals surface area contributed by atoms with Gasteiger partial charge in [0.1, 0.15) is 0 Å². The van der Waals surface area contributed by atoms with E-state index in [1.54, 1.807) is 0 Å². The van der Waals surface area contributed by atoms with Gasteiger partial charge in [0.2, 0.25) is 0 Å². The molecule has 1 aromatic carbocycles. The predicted molar refractivity (Wildman–Crippen MR) is 83.7 cm³/mol. The Morgan fingerprint density at radius 1 is 1.30 bits per heavy atom. The third-order valence-corrected chi connectivity index (χ3v) is 3.54. The van der Waals surface area contributed by atoms with E-state index in [1.807, 2.05) is 0 Å². The molecule has 20 heavy (non-hydrogen) atoms. The second-order valence-electron chi connectivity index (χ2n) is 6.13. The Morgan fingerprint density at radius 3 is 2.75 bits per heavy atom. The van der Waals surface area contributed by atoms with Crippen molar-refractivity contribution in [1.82, 2.24) is 10.2 Å². The fourth-order valence-corrected chi connectivity index (χ4v) is 2.22. The molecule has 1 N–H and O–H groups in total. The lowest BCUT2D eigenvalue weighted by molar-refractivity contribution is 0.0627. The van der Waals surface area contributed by atoms with Crippen molar-refractivity contribution in [3.63, 3.8) is 0 Å². The minimum Gasteiger partial charge on any atom is -0.377 e. The summed E-state index contributed by atoms with van der Waals surface area (Å²) in [4.78, 5) is 2.32. The van der Waals surface area contributed by atoms with Gasteiger partial charge in [-0.25, -0.2) is 0 Å². The van der Waals surface area contributed by atoms with Crippen LogP contribution in [-0.2, 0) is 17.8 Å². The van der Waals surface area contributed by atoms with E-state index >= 15 is 0 Å². The maximum Gasteiger partial charge on any atom is 0.0596 e. The van der Waals surface area contributed by atoms with Gasteiger partial charge in [-0.05, 0) is 44.9 Å². The van der Waals surface area contributed by atoms with Crippen LogP contribution in [0, 0.1) is 0 Å². The summed E-state index contributed by atoms with van der Waals surface area (Å²) < 4.78 is 5.59. The van der Waals surface area contributed by atoms with E-state index in [0.29, 0.717) is 6.10 Å². The molecule has 112 valence electrons. The number of ether oxygens (including phenoxy) is 1. The standard InChI is InChI=1S/C17H28N2O/c1-14(2)20-10-9-19(3)13-16-6-4-5-15(11-16)12-18-17-7-8-17/h4-6,11,14,17-18H,7-10,12-13H2,1-3H3. The Balaban J connectivity index is 1.74. The van der Waals surface area contributed by atoms with Gasteiger partial charge >= 0.3 is 0 Å². The van der Waals surface area contributed by atoms with Crippen LogP contribution in [0.4, 0.5) is 0 Å². The summed E-state index contributed by atoms with van der Waals surface area (Å²) in [7, 11) is 2.15. The fourth-order valence-electron chi connectivity index (χ4n) is 2.22. The minimum absolute atomic E-state index is 0.320. The normalized spacial score (nSPS) is 15.2. The van der Waals surface area contributed by atoms with Crippen LogP contribution in [0.3, 0.4) is 0 Å². The zero-order valence-electron chi connectivity index (χ0n) is 13.1. The van der Waals surface area contributed by atoms with Crippen LogP contribution < -0.4 is 5.32 Å². The van der Waals surface area contributed by atoms with Gasteiger partial charge in [0, 0.05) is 25.7 Å². The summed E-state index contributed by atoms with van der Waals surface area (Å²) in [5.41, 5.74) is 2.77. The lowest BCUT2D eigenvalue weighted by Gasteiger charge is -2.18. The number of benzene rings is 1. The first-order valence-corrected chi connectivity index (χ1v) is 7.75. The summed E-state index contributed by atoms with van der Waals surface area (Å²) in [6.45, 7) is 7.92. The van der Waals surface area contributed by atoms with Gasteiger partial charge in [0.15, 0.2) is 0 Å². The highest BCUT2D eigenvalue weighted by molar-refractivity contribution is 5.23. The zero-order valence-corrected chi connectivity index (χ0v) is 13.1. The first-order chi connectivity index (χ1) is 9.63. The highest BCUT2D eigenvalue weighted by Crippen LogP contribution is 2.19. The maximum absolute atomic E-state index is 5.59. The van der Waals surface area contributed by atoms with Crippen molar-refractivity contribution in [2.75, 3.05) is 20.2 Å². The molecule has 1 aliphatic carbocycles. The average Bonchev–Trinajstić information content (AvgIpc) is 3.20. The maximum atomic E-state index is 5.59. The van der Waals surface area contributed by atoms with Gasteiger partial charge in [0.05, 0.1) is 12.7 Å². The van der Waals surface area contributed by atoms with E-state index in [-0.39, 0.29) is 0 Å². The smallest absolute Gasteiger partial charge is 0.0596 e. The summed E-state index contributed by atoms with van der Waals surface area (Å²) in [5.74, 6) is 0. The van der Waals surface area contributed by atoms with Gasteiger partial charge in [-0.3, -0.25) is 4.90 Å². The monoisotopic (exact) mass is 276 g/mol. The summed E-state index contributed by atoms with van der Waals surface area (Å²) in [6, 6.07) is 9.67. The molecular formula is C17H28N2O. The number of nitrogens with one attached hydrogen (secondary N) is 1. The average molecular weight is 276 g/mol. The number of rotatable bonds is 9. The highest BCUT2D eigenvalue weighted by atomic mass is 16.5. The Kier molecular flexibility index (Phi) is 6.02. The van der Waals surface area contributed by atoms with Gasteiger partial charge in [-0.1, -0.05) is 24.3 Å². The number of hydrogen-bond donors (Lipinski definition) is 1. The van der Waals surface area contributed by atoms with E-state index in [0.717, 1.165) is 32.3 Å². The third kappa shape index (κ3) is 6.04. The lowest BCUT2D eigenvalue weighted by atomic mass is 10.1. The molecule has 0 bridgehead atoms. The molecule has 1 aliphatic rings. The number of nitrogens with zero attached hydrogens (tertiary/aromatic N) is 1. The van der Waals surface area contributed by atoms with Gasteiger partial charge in [-0.2, -0.15) is 0 Å². The van der Waals surface area contributed by atoms with E-state index in [1.165, 1.54) is 24.0 Å². The van der Waals surface area contributed by atoms with Crippen molar-refractivity contribution in [2.24, 2.45) is 0 Å². The van der Waals surface area contributed by atoms with E-state index in [4.69, 9.17) is 4.74 Å². The first-order valence-electron chi connectivity index (χ1n) is 7.75. The Hall–Kier alpha value is -0.900. The van der Waals surface area contributed by atoms with Crippen LogP contribution in [0.2, 0.25) is 0 Å². The molecule has 0 atom stereocenters. The van der Waals surface area contributed by atoms with Crippen LogP contribution in [0.15, 0.2) is 24.3 Å². The highest BCUT2D eigenvalue weighted by Gasteiger charge is 2.19. The molecule has 3 heteroatoms. The Labute approximate surface area is 123 Å². The fraction of sp³-hybridized carbons (Fsp3) is 0.647. The first kappa shape index (κ1) is 15.5. The molecule has 0 heterocycles. The number of likely N-dealkylation sites (N-methyl/N-ethyl adjacent to an activating group) is 1. The molecule has 1 aromatic rings. The molecule has 0 saturated heterocycles. The molecule has 0 aliphatic heterocycles. The summed E-state index contributed by atoms with van der Waals surface area (Å²) in [5, 5.41) is 3.57. The van der Waals surface area contributed by atoms with Crippen LogP contribution in [0.1, 0.15) is 37.8 Å². The molecule has 1 fully saturated rings. The van der Waals surface area contributed by atoms with E-state index in [2.05, 4.69) is 55.4 Å². The van der Waals surface area contributed by atoms with Crippen molar-refractivity contribution in [3.05, 3.63) is 35.4 Å². The molecule has 0 radical (unpaired) electrons. The van der Waals surface area contributed by atoms with Crippen LogP contribution >= 0.6 is 0 Å². The Bertz CT molecular complexity index is 402.